The van der Waals surface area contributed by atoms with Crippen molar-refractivity contribution in [3.05, 3.63) is 98.3 Å². The second-order valence-electron chi connectivity index (χ2n) is 7.97. The number of aryl methyl sites for hydroxylation is 1. The molecule has 0 spiro atoms. The third kappa shape index (κ3) is 4.58. The summed E-state index contributed by atoms with van der Waals surface area (Å²) in [4.78, 5) is 37.4. The Morgan fingerprint density at radius 2 is 1.94 bits per heavy atom. The van der Waals surface area contributed by atoms with E-state index in [0.29, 0.717) is 33.5 Å². The molecule has 35 heavy (non-hydrogen) atoms. The molecular formula is C25H22ClN5O4. The first kappa shape index (κ1) is 23.9. The van der Waals surface area contributed by atoms with Crippen molar-refractivity contribution in [2.24, 2.45) is 5.73 Å². The van der Waals surface area contributed by atoms with Gasteiger partial charge in [-0.2, -0.15) is 0 Å². The molecule has 0 aliphatic rings. The van der Waals surface area contributed by atoms with Crippen molar-refractivity contribution >= 4 is 39.8 Å². The Kier molecular flexibility index (Phi) is 6.52. The molecular weight excluding hydrogens is 470 g/mol. The number of aromatic nitrogens is 3. The molecule has 0 fully saturated rings. The minimum atomic E-state index is -1.22. The van der Waals surface area contributed by atoms with Crippen LogP contribution in [0.2, 0.25) is 5.15 Å². The number of nitrogens with one attached hydrogen (secondary N) is 1. The van der Waals surface area contributed by atoms with Crippen LogP contribution in [-0.4, -0.2) is 26.0 Å². The molecule has 0 aliphatic carbocycles. The summed E-state index contributed by atoms with van der Waals surface area (Å²) in [6.07, 6.45) is 4.45. The number of hydrogen-bond acceptors (Lipinski definition) is 8. The van der Waals surface area contributed by atoms with Crippen LogP contribution in [0.25, 0.3) is 16.5 Å². The molecule has 3 heterocycles. The van der Waals surface area contributed by atoms with Gasteiger partial charge in [-0.05, 0) is 50.6 Å². The number of rotatable bonds is 6. The van der Waals surface area contributed by atoms with Crippen molar-refractivity contribution in [2.45, 2.75) is 26.8 Å². The number of fused-ring (bicyclic) bond motifs is 1. The summed E-state index contributed by atoms with van der Waals surface area (Å²) in [7, 11) is 0. The van der Waals surface area contributed by atoms with Gasteiger partial charge in [0.05, 0.1) is 22.7 Å². The number of anilines is 1. The summed E-state index contributed by atoms with van der Waals surface area (Å²) < 4.78 is 6.30. The topological polar surface area (TPSA) is 144 Å². The Labute approximate surface area is 205 Å². The lowest BCUT2D eigenvalue weighted by Gasteiger charge is -2.20. The molecule has 10 heteroatoms. The largest absolute Gasteiger partial charge is 0.476 e. The van der Waals surface area contributed by atoms with E-state index in [1.165, 1.54) is 12.3 Å². The van der Waals surface area contributed by atoms with E-state index in [2.05, 4.69) is 20.3 Å². The predicted molar refractivity (Wildman–Crippen MR) is 134 cm³/mol. The molecule has 4 rings (SSSR count). The van der Waals surface area contributed by atoms with Crippen LogP contribution in [0.5, 0.6) is 0 Å². The summed E-state index contributed by atoms with van der Waals surface area (Å²) in [6, 6.07) is 7.88. The Bertz CT molecular complexity index is 1530. The Morgan fingerprint density at radius 3 is 2.60 bits per heavy atom. The lowest BCUT2D eigenvalue weighted by Crippen LogP contribution is -2.15. The standard InChI is InChI=1S/C25H22ClN5O4/c1-12-9-15(14(3)30-18-5-6-19(26)31-20(18)25(33)34)23-16(10-12)21(32)13(2)22(35-23)17(11-27)24-28-7-4-8-29-24/h4-11,14,30H,27H2,1-3H3,(H,33,34)/b17-11-. The summed E-state index contributed by atoms with van der Waals surface area (Å²) in [6.45, 7) is 5.36. The van der Waals surface area contributed by atoms with Crippen molar-refractivity contribution in [1.82, 2.24) is 15.0 Å². The molecule has 4 N–H and O–H groups in total. The van der Waals surface area contributed by atoms with Crippen molar-refractivity contribution in [2.75, 3.05) is 5.32 Å². The van der Waals surface area contributed by atoms with Crippen molar-refractivity contribution in [3.63, 3.8) is 0 Å². The molecule has 3 aromatic heterocycles. The smallest absolute Gasteiger partial charge is 0.356 e. The predicted octanol–water partition coefficient (Wildman–Crippen LogP) is 4.47. The highest BCUT2D eigenvalue weighted by molar-refractivity contribution is 6.29. The van der Waals surface area contributed by atoms with Gasteiger partial charge in [0, 0.05) is 29.7 Å². The molecule has 0 bridgehead atoms. The molecule has 0 radical (unpaired) electrons. The SMILES string of the molecule is Cc1cc(C(C)Nc2ccc(Cl)nc2C(=O)O)c2oc(/C(=C/N)c3ncccn3)c(C)c(=O)c2c1. The molecule has 1 atom stereocenters. The van der Waals surface area contributed by atoms with Crippen LogP contribution < -0.4 is 16.5 Å². The van der Waals surface area contributed by atoms with E-state index in [0.717, 1.165) is 5.56 Å². The Hall–Kier alpha value is -4.24. The fourth-order valence-electron chi connectivity index (χ4n) is 3.86. The normalized spacial score (nSPS) is 12.5. The number of carboxylic acids is 1. The Morgan fingerprint density at radius 1 is 1.23 bits per heavy atom. The van der Waals surface area contributed by atoms with E-state index < -0.39 is 12.0 Å². The van der Waals surface area contributed by atoms with Crippen LogP contribution in [0.4, 0.5) is 5.69 Å². The molecule has 0 saturated carbocycles. The number of carbonyl (C=O) groups is 1. The molecule has 4 aromatic rings. The third-order valence-electron chi connectivity index (χ3n) is 5.51. The van der Waals surface area contributed by atoms with E-state index in [9.17, 15) is 14.7 Å². The second-order valence-corrected chi connectivity index (χ2v) is 8.36. The molecule has 1 unspecified atom stereocenters. The van der Waals surface area contributed by atoms with Gasteiger partial charge in [-0.25, -0.2) is 19.7 Å². The first-order valence-electron chi connectivity index (χ1n) is 10.6. The molecule has 0 aliphatic heterocycles. The second kappa shape index (κ2) is 9.55. The number of pyridine rings is 1. The average molecular weight is 492 g/mol. The third-order valence-corrected chi connectivity index (χ3v) is 5.72. The highest BCUT2D eigenvalue weighted by atomic mass is 35.5. The van der Waals surface area contributed by atoms with Crippen LogP contribution >= 0.6 is 11.6 Å². The molecule has 9 nitrogen and oxygen atoms in total. The molecule has 0 saturated heterocycles. The van der Waals surface area contributed by atoms with Gasteiger partial charge >= 0.3 is 5.97 Å². The maximum Gasteiger partial charge on any atom is 0.356 e. The number of hydrogen-bond donors (Lipinski definition) is 3. The van der Waals surface area contributed by atoms with Crippen molar-refractivity contribution < 1.29 is 14.3 Å². The van der Waals surface area contributed by atoms with Gasteiger partial charge in [0.2, 0.25) is 0 Å². The highest BCUT2D eigenvalue weighted by Crippen LogP contribution is 2.32. The fraction of sp³-hybridized carbons (Fsp3) is 0.160. The van der Waals surface area contributed by atoms with E-state index in [1.54, 1.807) is 37.5 Å². The van der Waals surface area contributed by atoms with Gasteiger partial charge in [-0.3, -0.25) is 4.79 Å². The zero-order valence-electron chi connectivity index (χ0n) is 19.2. The molecule has 0 amide bonds. The monoisotopic (exact) mass is 491 g/mol. The van der Waals surface area contributed by atoms with E-state index in [-0.39, 0.29) is 27.7 Å². The van der Waals surface area contributed by atoms with Gasteiger partial charge in [0.15, 0.2) is 16.9 Å². The zero-order valence-corrected chi connectivity index (χ0v) is 19.9. The minimum Gasteiger partial charge on any atom is -0.476 e. The first-order chi connectivity index (χ1) is 16.7. The van der Waals surface area contributed by atoms with Gasteiger partial charge in [-0.15, -0.1) is 0 Å². The van der Waals surface area contributed by atoms with E-state index in [1.807, 2.05) is 19.9 Å². The van der Waals surface area contributed by atoms with Crippen molar-refractivity contribution in [1.29, 1.82) is 0 Å². The number of benzene rings is 1. The van der Waals surface area contributed by atoms with Gasteiger partial charge in [0.25, 0.3) is 0 Å². The quantitative estimate of drug-likeness (QED) is 0.332. The number of aromatic carboxylic acids is 1. The number of halogens is 1. The number of carboxylic acid groups (broad SMARTS) is 1. The summed E-state index contributed by atoms with van der Waals surface area (Å²) >= 11 is 5.88. The van der Waals surface area contributed by atoms with E-state index in [4.69, 9.17) is 21.8 Å². The van der Waals surface area contributed by atoms with Gasteiger partial charge in [0.1, 0.15) is 16.5 Å². The fourth-order valence-corrected chi connectivity index (χ4v) is 4.01. The molecule has 178 valence electrons. The summed E-state index contributed by atoms with van der Waals surface area (Å²) in [5.74, 6) is -0.645. The van der Waals surface area contributed by atoms with Crippen molar-refractivity contribution in [3.8, 4) is 0 Å². The highest BCUT2D eigenvalue weighted by Gasteiger charge is 2.22. The van der Waals surface area contributed by atoms with Crippen LogP contribution in [0, 0.1) is 13.8 Å². The average Bonchev–Trinajstić information content (AvgIpc) is 2.84. The lowest BCUT2D eigenvalue weighted by molar-refractivity contribution is 0.0691. The summed E-state index contributed by atoms with van der Waals surface area (Å²) in [5, 5.41) is 13.2. The van der Waals surface area contributed by atoms with Crippen LogP contribution in [-0.2, 0) is 0 Å². The van der Waals surface area contributed by atoms with Crippen LogP contribution in [0.1, 0.15) is 51.7 Å². The molecule has 1 aromatic carbocycles. The lowest BCUT2D eigenvalue weighted by atomic mass is 9.98. The van der Waals surface area contributed by atoms with E-state index >= 15 is 0 Å². The van der Waals surface area contributed by atoms with Gasteiger partial charge < -0.3 is 20.6 Å². The Balaban J connectivity index is 1.90. The van der Waals surface area contributed by atoms with Gasteiger partial charge in [-0.1, -0.05) is 17.7 Å². The maximum atomic E-state index is 13.4. The zero-order chi connectivity index (χ0) is 25.3. The maximum absolute atomic E-state index is 13.4. The van der Waals surface area contributed by atoms with Crippen LogP contribution in [0.3, 0.4) is 0 Å². The number of nitrogens with two attached hydrogens (primary N) is 1. The summed E-state index contributed by atoms with van der Waals surface area (Å²) in [5.41, 5.74) is 8.32. The number of nitrogens with zero attached hydrogens (tertiary/aromatic N) is 3. The minimum absolute atomic E-state index is 0.0666. The van der Waals surface area contributed by atoms with Crippen LogP contribution in [0.15, 0.2) is 58.1 Å². The first-order valence-corrected chi connectivity index (χ1v) is 11.0.